The Bertz CT molecular complexity index is 982. The van der Waals surface area contributed by atoms with Crippen molar-refractivity contribution in [3.05, 3.63) is 24.3 Å². The van der Waals surface area contributed by atoms with E-state index in [1.54, 1.807) is 6.08 Å². The Kier molecular flexibility index (Phi) is 51.6. The average Bonchev–Trinajstić information content (AvgIpc) is 3.28. The first-order valence-electron chi connectivity index (χ1n) is 28.1. The molecule has 0 aromatic rings. The average molecular weight is 889 g/mol. The molecule has 0 rings (SSSR count). The van der Waals surface area contributed by atoms with Crippen LogP contribution in [0.4, 0.5) is 0 Å². The summed E-state index contributed by atoms with van der Waals surface area (Å²) < 4.78 is 5.47. The molecule has 2 atom stereocenters. The van der Waals surface area contributed by atoms with Gasteiger partial charge in [-0.25, -0.2) is 0 Å². The number of nitrogens with one attached hydrogen (secondary N) is 1. The standard InChI is InChI=1S/C57H109NO5/c1-3-5-7-9-11-13-15-17-22-25-29-33-37-41-45-49-55(60)54(53-59)58-56(61)50-46-42-38-34-30-26-23-20-19-21-24-28-32-36-40-44-48-52-63-57(62)51-47-43-39-35-31-27-18-16-14-12-10-8-6-4-2/h16,18,45,49,54-55,59-60H,3-15,17,19-44,46-48,50-53H2,1-2H3,(H,58,61)/b18-16-,49-45+. The van der Waals surface area contributed by atoms with Gasteiger partial charge in [0.25, 0.3) is 0 Å². The Labute approximate surface area is 392 Å². The maximum Gasteiger partial charge on any atom is 0.305 e. The Morgan fingerprint density at radius 1 is 0.429 bits per heavy atom. The number of carbonyl (C=O) groups excluding carboxylic acids is 2. The van der Waals surface area contributed by atoms with Gasteiger partial charge >= 0.3 is 5.97 Å². The van der Waals surface area contributed by atoms with Crippen LogP contribution in [0.25, 0.3) is 0 Å². The lowest BCUT2D eigenvalue weighted by Gasteiger charge is -2.20. The van der Waals surface area contributed by atoms with Gasteiger partial charge in [-0.15, -0.1) is 0 Å². The Hall–Kier alpha value is -1.66. The van der Waals surface area contributed by atoms with Crippen LogP contribution in [0.2, 0.25) is 0 Å². The summed E-state index contributed by atoms with van der Waals surface area (Å²) in [4.78, 5) is 24.5. The van der Waals surface area contributed by atoms with E-state index in [4.69, 9.17) is 4.74 Å². The van der Waals surface area contributed by atoms with Crippen LogP contribution in [-0.4, -0.2) is 47.4 Å². The van der Waals surface area contributed by atoms with Gasteiger partial charge in [-0.1, -0.05) is 256 Å². The summed E-state index contributed by atoms with van der Waals surface area (Å²) in [5.41, 5.74) is 0. The van der Waals surface area contributed by atoms with Crippen LogP contribution in [0.3, 0.4) is 0 Å². The molecule has 0 aliphatic heterocycles. The molecule has 0 aromatic heterocycles. The van der Waals surface area contributed by atoms with Crippen LogP contribution in [0.5, 0.6) is 0 Å². The molecule has 0 bridgehead atoms. The van der Waals surface area contributed by atoms with E-state index in [9.17, 15) is 19.8 Å². The lowest BCUT2D eigenvalue weighted by Crippen LogP contribution is -2.45. The van der Waals surface area contributed by atoms with Crippen molar-refractivity contribution >= 4 is 11.9 Å². The Morgan fingerprint density at radius 3 is 1.13 bits per heavy atom. The number of hydrogen-bond donors (Lipinski definition) is 3. The largest absolute Gasteiger partial charge is 0.466 e. The van der Waals surface area contributed by atoms with E-state index in [1.165, 1.54) is 231 Å². The SMILES string of the molecule is CCCCCCC/C=C\CCCCCCCC(=O)OCCCCCCCCCCCCCCCCCCCC(=O)NC(CO)C(O)/C=C/CCCCCCCCCCCCCCC. The number of unbranched alkanes of at least 4 members (excludes halogenated alkanes) is 39. The fraction of sp³-hybridized carbons (Fsp3) is 0.895. The molecule has 2 unspecified atom stereocenters. The highest BCUT2D eigenvalue weighted by Gasteiger charge is 2.18. The number of rotatable bonds is 52. The number of esters is 1. The van der Waals surface area contributed by atoms with E-state index in [1.807, 2.05) is 6.08 Å². The van der Waals surface area contributed by atoms with Gasteiger partial charge in [0.1, 0.15) is 0 Å². The molecule has 0 saturated carbocycles. The third-order valence-corrected chi connectivity index (χ3v) is 13.0. The predicted molar refractivity (Wildman–Crippen MR) is 273 cm³/mol. The second kappa shape index (κ2) is 53.0. The molecule has 0 heterocycles. The summed E-state index contributed by atoms with van der Waals surface area (Å²) >= 11 is 0. The van der Waals surface area contributed by atoms with Gasteiger partial charge in [0, 0.05) is 12.8 Å². The third-order valence-electron chi connectivity index (χ3n) is 13.0. The molecule has 0 aliphatic rings. The number of hydrogen-bond acceptors (Lipinski definition) is 5. The first-order chi connectivity index (χ1) is 31.0. The number of ether oxygens (including phenoxy) is 1. The molecular weight excluding hydrogens is 779 g/mol. The van der Waals surface area contributed by atoms with Crippen molar-refractivity contribution in [2.75, 3.05) is 13.2 Å². The zero-order valence-electron chi connectivity index (χ0n) is 42.3. The maximum atomic E-state index is 12.4. The fourth-order valence-electron chi connectivity index (χ4n) is 8.63. The van der Waals surface area contributed by atoms with Crippen LogP contribution < -0.4 is 5.32 Å². The molecular formula is C57H109NO5. The monoisotopic (exact) mass is 888 g/mol. The van der Waals surface area contributed by atoms with E-state index >= 15 is 0 Å². The molecule has 63 heavy (non-hydrogen) atoms. The maximum absolute atomic E-state index is 12.4. The van der Waals surface area contributed by atoms with Gasteiger partial charge in [0.15, 0.2) is 0 Å². The molecule has 0 aliphatic carbocycles. The smallest absolute Gasteiger partial charge is 0.305 e. The van der Waals surface area contributed by atoms with Gasteiger partial charge < -0.3 is 20.3 Å². The Morgan fingerprint density at radius 2 is 0.746 bits per heavy atom. The summed E-state index contributed by atoms with van der Waals surface area (Å²) in [6.07, 6.45) is 63.3. The van der Waals surface area contributed by atoms with Crippen molar-refractivity contribution in [1.29, 1.82) is 0 Å². The summed E-state index contributed by atoms with van der Waals surface area (Å²) in [5, 5.41) is 23.1. The fourth-order valence-corrected chi connectivity index (χ4v) is 8.63. The van der Waals surface area contributed by atoms with Crippen molar-refractivity contribution in [2.24, 2.45) is 0 Å². The second-order valence-corrected chi connectivity index (χ2v) is 19.3. The van der Waals surface area contributed by atoms with Crippen LogP contribution in [0.1, 0.15) is 303 Å². The highest BCUT2D eigenvalue weighted by atomic mass is 16.5. The number of aliphatic hydroxyl groups is 2. The molecule has 0 fully saturated rings. The molecule has 6 nitrogen and oxygen atoms in total. The molecule has 0 spiro atoms. The highest BCUT2D eigenvalue weighted by molar-refractivity contribution is 5.76. The summed E-state index contributed by atoms with van der Waals surface area (Å²) in [5.74, 6) is -0.0765. The summed E-state index contributed by atoms with van der Waals surface area (Å²) in [7, 11) is 0. The molecule has 0 saturated heterocycles. The number of carbonyl (C=O) groups is 2. The molecule has 6 heteroatoms. The zero-order valence-corrected chi connectivity index (χ0v) is 42.3. The number of aliphatic hydroxyl groups excluding tert-OH is 2. The number of allylic oxidation sites excluding steroid dienone is 3. The normalized spacial score (nSPS) is 12.8. The van der Waals surface area contributed by atoms with Crippen LogP contribution in [-0.2, 0) is 14.3 Å². The van der Waals surface area contributed by atoms with E-state index < -0.39 is 12.1 Å². The van der Waals surface area contributed by atoms with E-state index in [2.05, 4.69) is 31.3 Å². The first kappa shape index (κ1) is 61.3. The van der Waals surface area contributed by atoms with Crippen molar-refractivity contribution < 1.29 is 24.5 Å². The van der Waals surface area contributed by atoms with Gasteiger partial charge in [-0.3, -0.25) is 9.59 Å². The molecule has 0 radical (unpaired) electrons. The zero-order chi connectivity index (χ0) is 45.8. The van der Waals surface area contributed by atoms with Gasteiger partial charge in [0.05, 0.1) is 25.4 Å². The van der Waals surface area contributed by atoms with Crippen molar-refractivity contribution in [3.8, 4) is 0 Å². The van der Waals surface area contributed by atoms with Crippen molar-refractivity contribution in [3.63, 3.8) is 0 Å². The van der Waals surface area contributed by atoms with Crippen LogP contribution >= 0.6 is 0 Å². The Balaban J connectivity index is 3.44. The predicted octanol–water partition coefficient (Wildman–Crippen LogP) is 17.1. The third kappa shape index (κ3) is 49.6. The lowest BCUT2D eigenvalue weighted by molar-refractivity contribution is -0.143. The molecule has 372 valence electrons. The lowest BCUT2D eigenvalue weighted by atomic mass is 10.0. The van der Waals surface area contributed by atoms with Crippen molar-refractivity contribution in [1.82, 2.24) is 5.32 Å². The molecule has 1 amide bonds. The van der Waals surface area contributed by atoms with Crippen LogP contribution in [0.15, 0.2) is 24.3 Å². The van der Waals surface area contributed by atoms with E-state index in [0.717, 1.165) is 44.9 Å². The minimum Gasteiger partial charge on any atom is -0.466 e. The van der Waals surface area contributed by atoms with Gasteiger partial charge in [-0.2, -0.15) is 0 Å². The summed E-state index contributed by atoms with van der Waals surface area (Å²) in [6.45, 7) is 4.89. The number of amides is 1. The van der Waals surface area contributed by atoms with Gasteiger partial charge in [-0.05, 0) is 57.8 Å². The highest BCUT2D eigenvalue weighted by Crippen LogP contribution is 2.17. The van der Waals surface area contributed by atoms with Crippen molar-refractivity contribution in [2.45, 2.75) is 315 Å². The molecule has 3 N–H and O–H groups in total. The van der Waals surface area contributed by atoms with E-state index in [0.29, 0.717) is 19.4 Å². The van der Waals surface area contributed by atoms with E-state index in [-0.39, 0.29) is 18.5 Å². The molecule has 0 aromatic carbocycles. The first-order valence-corrected chi connectivity index (χ1v) is 28.1. The minimum absolute atomic E-state index is 0.00406. The van der Waals surface area contributed by atoms with Crippen LogP contribution in [0, 0.1) is 0 Å². The quantitative estimate of drug-likeness (QED) is 0.0321. The summed E-state index contributed by atoms with van der Waals surface area (Å²) in [6, 6.07) is -0.631. The topological polar surface area (TPSA) is 95.9 Å². The second-order valence-electron chi connectivity index (χ2n) is 19.3. The van der Waals surface area contributed by atoms with Gasteiger partial charge in [0.2, 0.25) is 5.91 Å². The minimum atomic E-state index is -0.847.